The Morgan fingerprint density at radius 3 is 2.60 bits per heavy atom. The first-order valence-electron chi connectivity index (χ1n) is 13.3. The number of nitrogens with one attached hydrogen (secondary N) is 1. The summed E-state index contributed by atoms with van der Waals surface area (Å²) in [5.74, 6) is -2.18. The van der Waals surface area contributed by atoms with Gasteiger partial charge in [-0.2, -0.15) is 0 Å². The zero-order valence-electron chi connectivity index (χ0n) is 22.3. The van der Waals surface area contributed by atoms with Crippen LogP contribution in [0.25, 0.3) is 27.6 Å². The molecule has 0 saturated carbocycles. The maximum Gasteiger partial charge on any atom is 0.303 e. The molecule has 1 aliphatic rings. The molecule has 1 atom stereocenters. The van der Waals surface area contributed by atoms with Crippen LogP contribution in [0, 0.1) is 17.5 Å². The maximum absolute atomic E-state index is 14.2. The molecule has 42 heavy (non-hydrogen) atoms. The normalized spacial score (nSPS) is 16.6. The summed E-state index contributed by atoms with van der Waals surface area (Å²) >= 11 is 0. The molecule has 3 aromatic carbocycles. The molecule has 0 fully saturated rings. The number of fused-ring (bicyclic) bond motifs is 2. The third kappa shape index (κ3) is 5.00. The minimum absolute atomic E-state index is 0.00658. The highest BCUT2D eigenvalue weighted by molar-refractivity contribution is 6.04. The average Bonchev–Trinajstić information content (AvgIpc) is 3.57. The van der Waals surface area contributed by atoms with Gasteiger partial charge in [0, 0.05) is 30.9 Å². The summed E-state index contributed by atoms with van der Waals surface area (Å²) in [5.41, 5.74) is 0.790. The largest absolute Gasteiger partial charge is 0.481 e. The number of imidazole rings is 1. The van der Waals surface area contributed by atoms with Crippen molar-refractivity contribution in [1.29, 1.82) is 0 Å². The zero-order valence-corrected chi connectivity index (χ0v) is 22.3. The number of unbranched alkanes of at least 4 members (excludes halogenated alkanes) is 1. The van der Waals surface area contributed by atoms with Crippen molar-refractivity contribution in [2.45, 2.75) is 44.6 Å². The highest BCUT2D eigenvalue weighted by atomic mass is 19.1. The molecule has 214 valence electrons. The second-order valence-corrected chi connectivity index (χ2v) is 10.4. The van der Waals surface area contributed by atoms with Gasteiger partial charge < -0.3 is 14.9 Å². The summed E-state index contributed by atoms with van der Waals surface area (Å²) in [6, 6.07) is 12.5. The van der Waals surface area contributed by atoms with E-state index in [2.05, 4.69) is 15.1 Å². The molecule has 0 amide bonds. The standard InChI is InChI=1S/C30H24F3N5O4/c1-30(29-35-23-14-18(32)13-21(33)27(23)36-29)15-24(37-42-30)16-6-11-20-22(12-16)34-25(4-2-3-5-26(39)40)38(28(20)41)19-9-7-17(31)8-10-19/h6-14H,2-5,15H2,1H3,(H,35,36)(H,39,40)/t30-/m1/s1. The second kappa shape index (κ2) is 10.4. The molecule has 12 heteroatoms. The van der Waals surface area contributed by atoms with E-state index in [4.69, 9.17) is 14.9 Å². The van der Waals surface area contributed by atoms with Gasteiger partial charge in [0.05, 0.1) is 27.8 Å². The lowest BCUT2D eigenvalue weighted by molar-refractivity contribution is -0.137. The molecule has 0 saturated heterocycles. The number of rotatable bonds is 8. The fourth-order valence-electron chi connectivity index (χ4n) is 5.11. The number of nitrogens with zero attached hydrogens (tertiary/aromatic N) is 4. The zero-order chi connectivity index (χ0) is 29.6. The van der Waals surface area contributed by atoms with E-state index in [-0.39, 0.29) is 35.3 Å². The fraction of sp³-hybridized carbons (Fsp3) is 0.233. The van der Waals surface area contributed by atoms with E-state index in [9.17, 15) is 22.8 Å². The third-order valence-electron chi connectivity index (χ3n) is 7.27. The van der Waals surface area contributed by atoms with E-state index in [1.54, 1.807) is 25.1 Å². The van der Waals surface area contributed by atoms with Crippen LogP contribution in [0.15, 0.2) is 64.5 Å². The van der Waals surface area contributed by atoms with Crippen molar-refractivity contribution in [3.8, 4) is 5.69 Å². The Morgan fingerprint density at radius 1 is 1.05 bits per heavy atom. The number of carboxylic acid groups (broad SMARTS) is 1. The lowest BCUT2D eigenvalue weighted by atomic mass is 9.95. The van der Waals surface area contributed by atoms with Crippen LogP contribution in [0.4, 0.5) is 13.2 Å². The van der Waals surface area contributed by atoms with Gasteiger partial charge in [-0.25, -0.2) is 23.1 Å². The molecule has 0 aliphatic carbocycles. The summed E-state index contributed by atoms with van der Waals surface area (Å²) in [6.45, 7) is 1.73. The maximum atomic E-state index is 14.2. The average molecular weight is 576 g/mol. The predicted molar refractivity (Wildman–Crippen MR) is 148 cm³/mol. The molecule has 5 aromatic rings. The Kier molecular flexibility index (Phi) is 6.76. The van der Waals surface area contributed by atoms with Crippen LogP contribution in [0.5, 0.6) is 0 Å². The van der Waals surface area contributed by atoms with Gasteiger partial charge in [-0.1, -0.05) is 11.2 Å². The van der Waals surface area contributed by atoms with Crippen molar-refractivity contribution < 1.29 is 27.9 Å². The number of hydrogen-bond acceptors (Lipinski definition) is 6. The Hall–Kier alpha value is -5.00. The first kappa shape index (κ1) is 27.2. The van der Waals surface area contributed by atoms with Crippen molar-refractivity contribution in [3.05, 3.63) is 99.6 Å². The SMILES string of the molecule is C[C@]1(c2nc3c(F)cc(F)cc3[nH]2)CC(c2ccc3c(=O)n(-c4ccc(F)cc4)c(CCCCC(=O)O)nc3c2)=NO1. The van der Waals surface area contributed by atoms with E-state index in [0.29, 0.717) is 53.0 Å². The number of aliphatic carboxylic acids is 1. The van der Waals surface area contributed by atoms with Crippen LogP contribution in [0.2, 0.25) is 0 Å². The lowest BCUT2D eigenvalue weighted by Crippen LogP contribution is -2.25. The quantitative estimate of drug-likeness (QED) is 0.235. The Balaban J connectivity index is 1.34. The van der Waals surface area contributed by atoms with Gasteiger partial charge in [0.1, 0.15) is 23.0 Å². The first-order valence-corrected chi connectivity index (χ1v) is 13.3. The summed E-state index contributed by atoms with van der Waals surface area (Å²) in [5, 5.41) is 13.6. The van der Waals surface area contributed by atoms with Gasteiger partial charge in [-0.05, 0) is 62.2 Å². The van der Waals surface area contributed by atoms with Crippen LogP contribution in [-0.4, -0.2) is 36.3 Å². The third-order valence-corrected chi connectivity index (χ3v) is 7.27. The fourth-order valence-corrected chi connectivity index (χ4v) is 5.11. The summed E-state index contributed by atoms with van der Waals surface area (Å²) in [4.78, 5) is 42.3. The number of aromatic amines is 1. The number of aromatic nitrogens is 4. The Morgan fingerprint density at radius 2 is 1.83 bits per heavy atom. The number of carboxylic acids is 1. The molecule has 0 radical (unpaired) electrons. The molecule has 0 unspecified atom stereocenters. The van der Waals surface area contributed by atoms with Gasteiger partial charge in [-0.15, -0.1) is 0 Å². The molecule has 9 nitrogen and oxygen atoms in total. The molecule has 3 heterocycles. The molecule has 1 aliphatic heterocycles. The monoisotopic (exact) mass is 575 g/mol. The number of halogens is 3. The molecule has 0 spiro atoms. The van der Waals surface area contributed by atoms with Crippen LogP contribution in [0.1, 0.15) is 49.8 Å². The van der Waals surface area contributed by atoms with Gasteiger partial charge in [-0.3, -0.25) is 14.2 Å². The van der Waals surface area contributed by atoms with E-state index < -0.39 is 29.0 Å². The number of carbonyl (C=O) groups is 1. The number of oxime groups is 1. The van der Waals surface area contributed by atoms with Gasteiger partial charge in [0.15, 0.2) is 17.2 Å². The molecule has 2 N–H and O–H groups in total. The van der Waals surface area contributed by atoms with Crippen LogP contribution < -0.4 is 5.56 Å². The molecule has 0 bridgehead atoms. The van der Waals surface area contributed by atoms with Gasteiger partial charge in [0.2, 0.25) is 0 Å². The summed E-state index contributed by atoms with van der Waals surface area (Å²) < 4.78 is 43.0. The molecule has 6 rings (SSSR count). The van der Waals surface area contributed by atoms with E-state index in [1.165, 1.54) is 28.8 Å². The Labute approximate surface area is 236 Å². The summed E-state index contributed by atoms with van der Waals surface area (Å²) in [6.07, 6.45) is 1.44. The van der Waals surface area contributed by atoms with Crippen LogP contribution >= 0.6 is 0 Å². The highest BCUT2D eigenvalue weighted by Gasteiger charge is 2.40. The summed E-state index contributed by atoms with van der Waals surface area (Å²) in [7, 11) is 0. The molecular weight excluding hydrogens is 551 g/mol. The van der Waals surface area contributed by atoms with Gasteiger partial charge >= 0.3 is 5.97 Å². The van der Waals surface area contributed by atoms with Gasteiger partial charge in [0.25, 0.3) is 5.56 Å². The second-order valence-electron chi connectivity index (χ2n) is 10.4. The number of aryl methyl sites for hydroxylation is 1. The minimum Gasteiger partial charge on any atom is -0.481 e. The van der Waals surface area contributed by atoms with Crippen molar-refractivity contribution in [1.82, 2.24) is 19.5 Å². The molecule has 2 aromatic heterocycles. The number of hydrogen-bond donors (Lipinski definition) is 2. The van der Waals surface area contributed by atoms with Crippen molar-refractivity contribution >= 4 is 33.6 Å². The van der Waals surface area contributed by atoms with E-state index in [1.807, 2.05) is 0 Å². The first-order chi connectivity index (χ1) is 20.1. The number of H-pyrrole nitrogens is 1. The molecular formula is C30H24F3N5O4. The highest BCUT2D eigenvalue weighted by Crippen LogP contribution is 2.36. The smallest absolute Gasteiger partial charge is 0.303 e. The van der Waals surface area contributed by atoms with Crippen molar-refractivity contribution in [2.24, 2.45) is 5.16 Å². The van der Waals surface area contributed by atoms with Crippen molar-refractivity contribution in [2.75, 3.05) is 0 Å². The Bertz CT molecular complexity index is 1950. The van der Waals surface area contributed by atoms with Crippen molar-refractivity contribution in [3.63, 3.8) is 0 Å². The minimum atomic E-state index is -1.08. The van der Waals surface area contributed by atoms with Crippen LogP contribution in [-0.2, 0) is 21.7 Å². The van der Waals surface area contributed by atoms with Crippen LogP contribution in [0.3, 0.4) is 0 Å². The van der Waals surface area contributed by atoms with E-state index >= 15 is 0 Å². The lowest BCUT2D eigenvalue weighted by Gasteiger charge is -2.18. The topological polar surface area (TPSA) is 122 Å². The number of benzene rings is 3. The predicted octanol–water partition coefficient (Wildman–Crippen LogP) is 5.52. The van der Waals surface area contributed by atoms with E-state index in [0.717, 1.165) is 12.1 Å².